The number of anilines is 1. The van der Waals surface area contributed by atoms with Crippen molar-refractivity contribution in [2.24, 2.45) is 5.73 Å². The van der Waals surface area contributed by atoms with Gasteiger partial charge in [0.1, 0.15) is 12.4 Å². The number of nitrogens with zero attached hydrogens (tertiary/aromatic N) is 4. The molecule has 182 valence electrons. The molecule has 1 aliphatic carbocycles. The molecule has 8 nitrogen and oxygen atoms in total. The summed E-state index contributed by atoms with van der Waals surface area (Å²) in [6.45, 7) is 4.25. The Morgan fingerprint density at radius 2 is 1.89 bits per heavy atom. The lowest BCUT2D eigenvalue weighted by molar-refractivity contribution is 0.1000. The van der Waals surface area contributed by atoms with E-state index in [9.17, 15) is 4.79 Å². The lowest BCUT2D eigenvalue weighted by Gasteiger charge is -2.34. The first-order chi connectivity index (χ1) is 17.1. The summed E-state index contributed by atoms with van der Waals surface area (Å²) < 4.78 is 11.6. The van der Waals surface area contributed by atoms with E-state index in [2.05, 4.69) is 14.8 Å². The maximum absolute atomic E-state index is 11.4. The summed E-state index contributed by atoms with van der Waals surface area (Å²) in [5.74, 6) is 1.56. The van der Waals surface area contributed by atoms with Gasteiger partial charge >= 0.3 is 0 Å². The molecule has 0 bridgehead atoms. The van der Waals surface area contributed by atoms with Crippen LogP contribution in [-0.4, -0.2) is 60.1 Å². The molecule has 1 amide bonds. The SMILES string of the molecule is COc1cccc(COc2nc(N3CCN(C4CC4)CC3)ncc2Sc2ccc(C(N)=O)cc2)c1. The number of aromatic nitrogens is 2. The quantitative estimate of drug-likeness (QED) is 0.485. The number of benzene rings is 2. The molecule has 1 aromatic heterocycles. The molecule has 2 heterocycles. The van der Waals surface area contributed by atoms with Crippen molar-refractivity contribution in [3.8, 4) is 11.6 Å². The minimum Gasteiger partial charge on any atom is -0.497 e. The fourth-order valence-electron chi connectivity index (χ4n) is 4.13. The van der Waals surface area contributed by atoms with Gasteiger partial charge in [-0.05, 0) is 54.8 Å². The van der Waals surface area contributed by atoms with E-state index in [4.69, 9.17) is 20.2 Å². The summed E-state index contributed by atoms with van der Waals surface area (Å²) >= 11 is 1.49. The number of amides is 1. The number of rotatable bonds is 9. The Morgan fingerprint density at radius 1 is 1.11 bits per heavy atom. The maximum Gasteiger partial charge on any atom is 0.248 e. The van der Waals surface area contributed by atoms with E-state index >= 15 is 0 Å². The summed E-state index contributed by atoms with van der Waals surface area (Å²) in [5.41, 5.74) is 6.83. The van der Waals surface area contributed by atoms with Crippen LogP contribution < -0.4 is 20.1 Å². The predicted molar refractivity (Wildman–Crippen MR) is 135 cm³/mol. The highest BCUT2D eigenvalue weighted by Gasteiger charge is 2.31. The summed E-state index contributed by atoms with van der Waals surface area (Å²) in [6, 6.07) is 15.7. The van der Waals surface area contributed by atoms with Crippen molar-refractivity contribution in [3.05, 3.63) is 65.9 Å². The maximum atomic E-state index is 11.4. The third kappa shape index (κ3) is 5.86. The highest BCUT2D eigenvalue weighted by molar-refractivity contribution is 7.99. The van der Waals surface area contributed by atoms with Crippen molar-refractivity contribution in [3.63, 3.8) is 0 Å². The van der Waals surface area contributed by atoms with Gasteiger partial charge in [-0.25, -0.2) is 4.98 Å². The number of primary amides is 1. The van der Waals surface area contributed by atoms with Crippen LogP contribution in [0.4, 0.5) is 5.95 Å². The van der Waals surface area contributed by atoms with Crippen molar-refractivity contribution in [2.45, 2.75) is 35.3 Å². The third-order valence-electron chi connectivity index (χ3n) is 6.25. The second-order valence-electron chi connectivity index (χ2n) is 8.72. The number of hydrogen-bond acceptors (Lipinski definition) is 8. The summed E-state index contributed by atoms with van der Waals surface area (Å²) in [7, 11) is 1.65. The van der Waals surface area contributed by atoms with E-state index in [-0.39, 0.29) is 0 Å². The van der Waals surface area contributed by atoms with Gasteiger partial charge in [-0.1, -0.05) is 23.9 Å². The molecular formula is C26H29N5O3S. The van der Waals surface area contributed by atoms with Gasteiger partial charge in [0.25, 0.3) is 0 Å². The topological polar surface area (TPSA) is 93.8 Å². The summed E-state index contributed by atoms with van der Waals surface area (Å²) in [6.07, 6.45) is 4.47. The number of ether oxygens (including phenoxy) is 2. The van der Waals surface area contributed by atoms with Gasteiger partial charge in [0.05, 0.1) is 18.2 Å². The summed E-state index contributed by atoms with van der Waals surface area (Å²) in [4.78, 5) is 27.4. The predicted octanol–water partition coefficient (Wildman–Crippen LogP) is 3.60. The number of nitrogens with two attached hydrogens (primary N) is 1. The van der Waals surface area contributed by atoms with Crippen LogP contribution in [0.2, 0.25) is 0 Å². The largest absolute Gasteiger partial charge is 0.497 e. The molecule has 1 saturated carbocycles. The van der Waals surface area contributed by atoms with Crippen LogP contribution in [0.3, 0.4) is 0 Å². The Morgan fingerprint density at radius 3 is 2.57 bits per heavy atom. The fourth-order valence-corrected chi connectivity index (χ4v) is 4.95. The molecule has 2 N–H and O–H groups in total. The number of piperazine rings is 1. The zero-order valence-corrected chi connectivity index (χ0v) is 20.5. The average molecular weight is 492 g/mol. The molecule has 35 heavy (non-hydrogen) atoms. The molecule has 2 aliphatic rings. The Hall–Kier alpha value is -3.30. The second kappa shape index (κ2) is 10.5. The van der Waals surface area contributed by atoms with Gasteiger partial charge in [0.15, 0.2) is 0 Å². The highest BCUT2D eigenvalue weighted by Crippen LogP contribution is 2.35. The smallest absolute Gasteiger partial charge is 0.248 e. The van der Waals surface area contributed by atoms with Crippen LogP contribution in [0, 0.1) is 0 Å². The van der Waals surface area contributed by atoms with Crippen molar-refractivity contribution in [2.75, 3.05) is 38.2 Å². The van der Waals surface area contributed by atoms with E-state index < -0.39 is 5.91 Å². The average Bonchev–Trinajstić information content (AvgIpc) is 3.74. The molecule has 3 aromatic rings. The molecule has 0 radical (unpaired) electrons. The molecule has 0 unspecified atom stereocenters. The molecule has 2 aromatic carbocycles. The summed E-state index contributed by atoms with van der Waals surface area (Å²) in [5, 5.41) is 0. The molecule has 2 fully saturated rings. The molecular weight excluding hydrogens is 462 g/mol. The van der Waals surface area contributed by atoms with Gasteiger partial charge in [0.2, 0.25) is 17.7 Å². The van der Waals surface area contributed by atoms with Crippen LogP contribution in [0.25, 0.3) is 0 Å². The number of carbonyl (C=O) groups excluding carboxylic acids is 1. The lowest BCUT2D eigenvalue weighted by Crippen LogP contribution is -2.47. The van der Waals surface area contributed by atoms with E-state index in [0.717, 1.165) is 53.3 Å². The van der Waals surface area contributed by atoms with Crippen LogP contribution in [-0.2, 0) is 6.61 Å². The zero-order valence-electron chi connectivity index (χ0n) is 19.7. The van der Waals surface area contributed by atoms with E-state index in [1.807, 2.05) is 42.6 Å². The standard InChI is InChI=1S/C26H29N5O3S/c1-33-21-4-2-3-18(15-21)17-34-25-23(35-22-9-5-19(6-10-22)24(27)32)16-28-26(29-25)31-13-11-30(12-14-31)20-7-8-20/h2-6,9-10,15-16,20H,7-8,11-14,17H2,1H3,(H2,27,32). The van der Waals surface area contributed by atoms with Gasteiger partial charge in [0, 0.05) is 42.7 Å². The molecule has 5 rings (SSSR count). The second-order valence-corrected chi connectivity index (χ2v) is 9.84. The Bertz CT molecular complexity index is 1180. The third-order valence-corrected chi connectivity index (χ3v) is 7.25. The molecule has 1 aliphatic heterocycles. The zero-order chi connectivity index (χ0) is 24.2. The normalized spacial score (nSPS) is 16.2. The van der Waals surface area contributed by atoms with Crippen molar-refractivity contribution in [1.29, 1.82) is 0 Å². The molecule has 0 atom stereocenters. The molecule has 1 saturated heterocycles. The molecule has 0 spiro atoms. The van der Waals surface area contributed by atoms with Crippen molar-refractivity contribution >= 4 is 23.6 Å². The molecule has 9 heteroatoms. The Balaban J connectivity index is 1.35. The van der Waals surface area contributed by atoms with Crippen LogP contribution >= 0.6 is 11.8 Å². The Labute approximate surface area is 209 Å². The van der Waals surface area contributed by atoms with Crippen molar-refractivity contribution in [1.82, 2.24) is 14.9 Å². The van der Waals surface area contributed by atoms with E-state index in [1.165, 1.54) is 24.6 Å². The van der Waals surface area contributed by atoms with E-state index in [0.29, 0.717) is 24.0 Å². The lowest BCUT2D eigenvalue weighted by atomic mass is 10.2. The van der Waals surface area contributed by atoms with Crippen molar-refractivity contribution < 1.29 is 14.3 Å². The van der Waals surface area contributed by atoms with Crippen LogP contribution in [0.15, 0.2) is 64.5 Å². The Kier molecular flexibility index (Phi) is 7.06. The highest BCUT2D eigenvalue weighted by atomic mass is 32.2. The van der Waals surface area contributed by atoms with Gasteiger partial charge in [-0.15, -0.1) is 0 Å². The number of methoxy groups -OCH3 is 1. The minimum atomic E-state index is -0.446. The fraction of sp³-hybridized carbons (Fsp3) is 0.346. The first kappa shape index (κ1) is 23.4. The number of hydrogen-bond donors (Lipinski definition) is 1. The van der Waals surface area contributed by atoms with Gasteiger partial charge in [-0.3, -0.25) is 9.69 Å². The van der Waals surface area contributed by atoms with Crippen LogP contribution in [0.5, 0.6) is 11.6 Å². The van der Waals surface area contributed by atoms with Crippen LogP contribution in [0.1, 0.15) is 28.8 Å². The first-order valence-electron chi connectivity index (χ1n) is 11.8. The first-order valence-corrected chi connectivity index (χ1v) is 12.6. The van der Waals surface area contributed by atoms with Gasteiger partial charge in [-0.2, -0.15) is 4.98 Å². The minimum absolute atomic E-state index is 0.358. The number of carbonyl (C=O) groups is 1. The van der Waals surface area contributed by atoms with Gasteiger partial charge < -0.3 is 20.1 Å². The van der Waals surface area contributed by atoms with E-state index in [1.54, 1.807) is 19.2 Å². The monoisotopic (exact) mass is 491 g/mol.